The van der Waals surface area contributed by atoms with Gasteiger partial charge in [0.2, 0.25) is 5.91 Å². The summed E-state index contributed by atoms with van der Waals surface area (Å²) in [6, 6.07) is 4.05. The Hall–Kier alpha value is -2.10. The largest absolute Gasteiger partial charge is 0.355 e. The minimum Gasteiger partial charge on any atom is -0.355 e. The molecule has 0 aliphatic heterocycles. The van der Waals surface area contributed by atoms with Gasteiger partial charge < -0.3 is 9.72 Å². The number of pyridine rings is 1. The second-order valence-electron chi connectivity index (χ2n) is 6.41. The Morgan fingerprint density at radius 3 is 3.00 bits per heavy atom. The number of amides is 1. The van der Waals surface area contributed by atoms with Gasteiger partial charge in [-0.05, 0) is 57.6 Å². The third-order valence-electron chi connectivity index (χ3n) is 4.63. The highest BCUT2D eigenvalue weighted by Gasteiger charge is 2.13. The van der Waals surface area contributed by atoms with Crippen molar-refractivity contribution in [2.75, 3.05) is 6.54 Å². The van der Waals surface area contributed by atoms with Crippen molar-refractivity contribution < 1.29 is 4.79 Å². The number of carbonyl (C=O) groups excluding carboxylic acids is 1. The smallest absolute Gasteiger partial charge is 0.226 e. The molecule has 3 rings (SSSR count). The van der Waals surface area contributed by atoms with Crippen LogP contribution in [0.25, 0.3) is 5.65 Å². The lowest BCUT2D eigenvalue weighted by atomic mass is 9.97. The standard InChI is InChI=1S/C19H25N3O/c1-14-7-6-12-22-17(15(2)21-19(14)22)13-18(23)20-11-10-16-8-4-3-5-9-16/h6-8,12H,3-5,9-11,13H2,1-2H3,(H,20,23). The van der Waals surface area contributed by atoms with E-state index in [1.807, 2.05) is 36.6 Å². The minimum atomic E-state index is 0.0767. The maximum absolute atomic E-state index is 12.3. The van der Waals surface area contributed by atoms with E-state index in [-0.39, 0.29) is 5.91 Å². The van der Waals surface area contributed by atoms with Crippen LogP contribution in [-0.4, -0.2) is 21.8 Å². The van der Waals surface area contributed by atoms with Gasteiger partial charge in [0, 0.05) is 12.7 Å². The Bertz CT molecular complexity index is 742. The highest BCUT2D eigenvalue weighted by Crippen LogP contribution is 2.19. The Labute approximate surface area is 137 Å². The number of nitrogens with zero attached hydrogens (tertiary/aromatic N) is 2. The molecule has 4 heteroatoms. The first-order valence-electron chi connectivity index (χ1n) is 8.53. The number of imidazole rings is 1. The van der Waals surface area contributed by atoms with Crippen molar-refractivity contribution in [1.82, 2.24) is 14.7 Å². The van der Waals surface area contributed by atoms with Crippen LogP contribution in [0.2, 0.25) is 0 Å². The number of fused-ring (bicyclic) bond motifs is 1. The molecule has 1 aliphatic carbocycles. The van der Waals surface area contributed by atoms with E-state index in [2.05, 4.69) is 16.4 Å². The molecule has 0 atom stereocenters. The van der Waals surface area contributed by atoms with Gasteiger partial charge in [-0.2, -0.15) is 0 Å². The first-order chi connectivity index (χ1) is 11.1. The zero-order valence-corrected chi connectivity index (χ0v) is 14.1. The Balaban J connectivity index is 1.61. The van der Waals surface area contributed by atoms with Crippen molar-refractivity contribution in [2.45, 2.75) is 52.4 Å². The second kappa shape index (κ2) is 6.99. The van der Waals surface area contributed by atoms with Gasteiger partial charge in [-0.3, -0.25) is 4.79 Å². The molecule has 122 valence electrons. The molecule has 0 saturated carbocycles. The molecule has 1 aliphatic rings. The van der Waals surface area contributed by atoms with Crippen molar-refractivity contribution in [3.05, 3.63) is 46.9 Å². The van der Waals surface area contributed by atoms with E-state index < -0.39 is 0 Å². The average Bonchev–Trinajstić information content (AvgIpc) is 2.86. The highest BCUT2D eigenvalue weighted by atomic mass is 16.1. The SMILES string of the molecule is Cc1nc2c(C)cccn2c1CC(=O)NCCC1=CCCCC1. The van der Waals surface area contributed by atoms with Gasteiger partial charge in [0.05, 0.1) is 17.8 Å². The van der Waals surface area contributed by atoms with Crippen molar-refractivity contribution in [1.29, 1.82) is 0 Å². The lowest BCUT2D eigenvalue weighted by molar-refractivity contribution is -0.120. The summed E-state index contributed by atoms with van der Waals surface area (Å²) in [6.07, 6.45) is 10.7. The fourth-order valence-corrected chi connectivity index (χ4v) is 3.29. The van der Waals surface area contributed by atoms with E-state index in [1.54, 1.807) is 0 Å². The maximum Gasteiger partial charge on any atom is 0.226 e. The summed E-state index contributed by atoms with van der Waals surface area (Å²) < 4.78 is 2.04. The van der Waals surface area contributed by atoms with Gasteiger partial charge in [0.15, 0.2) is 0 Å². The summed E-state index contributed by atoms with van der Waals surface area (Å²) in [6.45, 7) is 4.75. The predicted octanol–water partition coefficient (Wildman–Crippen LogP) is 3.50. The molecule has 0 unspecified atom stereocenters. The molecule has 1 amide bonds. The van der Waals surface area contributed by atoms with Gasteiger partial charge in [0.25, 0.3) is 0 Å². The molecule has 0 saturated heterocycles. The summed E-state index contributed by atoms with van der Waals surface area (Å²) >= 11 is 0. The van der Waals surface area contributed by atoms with Crippen LogP contribution in [0.15, 0.2) is 30.0 Å². The van der Waals surface area contributed by atoms with Crippen LogP contribution in [0.4, 0.5) is 0 Å². The third-order valence-corrected chi connectivity index (χ3v) is 4.63. The molecule has 0 spiro atoms. The van der Waals surface area contributed by atoms with E-state index in [0.717, 1.165) is 35.6 Å². The van der Waals surface area contributed by atoms with E-state index in [4.69, 9.17) is 0 Å². The van der Waals surface area contributed by atoms with Gasteiger partial charge >= 0.3 is 0 Å². The van der Waals surface area contributed by atoms with Crippen LogP contribution in [-0.2, 0) is 11.2 Å². The Morgan fingerprint density at radius 2 is 2.22 bits per heavy atom. The molecular formula is C19H25N3O. The number of rotatable bonds is 5. The number of nitrogens with one attached hydrogen (secondary N) is 1. The summed E-state index contributed by atoms with van der Waals surface area (Å²) in [5.41, 5.74) is 5.49. The van der Waals surface area contributed by atoms with E-state index in [0.29, 0.717) is 6.42 Å². The van der Waals surface area contributed by atoms with Gasteiger partial charge in [0.1, 0.15) is 5.65 Å². The molecule has 2 aromatic heterocycles. The number of hydrogen-bond donors (Lipinski definition) is 1. The third kappa shape index (κ3) is 3.63. The average molecular weight is 311 g/mol. The van der Waals surface area contributed by atoms with Crippen LogP contribution in [0.3, 0.4) is 0 Å². The van der Waals surface area contributed by atoms with E-state index in [9.17, 15) is 4.79 Å². The van der Waals surface area contributed by atoms with Gasteiger partial charge in [-0.25, -0.2) is 4.98 Å². The molecule has 0 radical (unpaired) electrons. The van der Waals surface area contributed by atoms with Gasteiger partial charge in [-0.15, -0.1) is 0 Å². The predicted molar refractivity (Wildman–Crippen MR) is 92.5 cm³/mol. The van der Waals surface area contributed by atoms with Crippen molar-refractivity contribution >= 4 is 11.6 Å². The maximum atomic E-state index is 12.3. The lowest BCUT2D eigenvalue weighted by Gasteiger charge is -2.13. The van der Waals surface area contributed by atoms with Crippen molar-refractivity contribution in [3.8, 4) is 0 Å². The molecular weight excluding hydrogens is 286 g/mol. The normalized spacial score (nSPS) is 14.8. The molecule has 1 N–H and O–H groups in total. The van der Waals surface area contributed by atoms with Crippen LogP contribution in [0.5, 0.6) is 0 Å². The first-order valence-corrected chi connectivity index (χ1v) is 8.53. The fourth-order valence-electron chi connectivity index (χ4n) is 3.29. The highest BCUT2D eigenvalue weighted by molar-refractivity contribution is 5.78. The fraction of sp³-hybridized carbons (Fsp3) is 0.474. The summed E-state index contributed by atoms with van der Waals surface area (Å²) in [5.74, 6) is 0.0767. The Morgan fingerprint density at radius 1 is 1.35 bits per heavy atom. The van der Waals surface area contributed by atoms with Crippen LogP contribution in [0.1, 0.15) is 49.1 Å². The second-order valence-corrected chi connectivity index (χ2v) is 6.41. The summed E-state index contributed by atoms with van der Waals surface area (Å²) in [7, 11) is 0. The zero-order chi connectivity index (χ0) is 16.2. The first kappa shape index (κ1) is 15.8. The zero-order valence-electron chi connectivity index (χ0n) is 14.1. The molecule has 2 heterocycles. The number of aromatic nitrogens is 2. The molecule has 23 heavy (non-hydrogen) atoms. The molecule has 4 nitrogen and oxygen atoms in total. The summed E-state index contributed by atoms with van der Waals surface area (Å²) in [4.78, 5) is 16.9. The molecule has 0 fully saturated rings. The number of aryl methyl sites for hydroxylation is 2. The quantitative estimate of drug-likeness (QED) is 0.859. The van der Waals surface area contributed by atoms with Gasteiger partial charge in [-0.1, -0.05) is 17.7 Å². The van der Waals surface area contributed by atoms with E-state index >= 15 is 0 Å². The molecule has 2 aromatic rings. The molecule has 0 bridgehead atoms. The summed E-state index contributed by atoms with van der Waals surface area (Å²) in [5, 5.41) is 3.05. The number of carbonyl (C=O) groups is 1. The van der Waals surface area contributed by atoms with E-state index in [1.165, 1.54) is 31.3 Å². The van der Waals surface area contributed by atoms with Crippen molar-refractivity contribution in [3.63, 3.8) is 0 Å². The lowest BCUT2D eigenvalue weighted by Crippen LogP contribution is -2.27. The topological polar surface area (TPSA) is 46.4 Å². The number of hydrogen-bond acceptors (Lipinski definition) is 2. The number of allylic oxidation sites excluding steroid dienone is 1. The van der Waals surface area contributed by atoms with Crippen LogP contribution >= 0.6 is 0 Å². The monoisotopic (exact) mass is 311 g/mol. The van der Waals surface area contributed by atoms with Crippen LogP contribution in [0, 0.1) is 13.8 Å². The molecule has 0 aromatic carbocycles. The Kier molecular flexibility index (Phi) is 4.79. The van der Waals surface area contributed by atoms with Crippen molar-refractivity contribution in [2.24, 2.45) is 0 Å². The minimum absolute atomic E-state index is 0.0767. The van der Waals surface area contributed by atoms with Crippen LogP contribution < -0.4 is 5.32 Å².